The number of hydrogen-bond acceptors (Lipinski definition) is 2. The molecule has 1 aliphatic heterocycles. The van der Waals surface area contributed by atoms with Crippen LogP contribution in [-0.4, -0.2) is 50.1 Å². The Labute approximate surface area is 118 Å². The largest absolute Gasteiger partial charge is 0.356 e. The molecule has 110 valence electrons. The predicted molar refractivity (Wildman–Crippen MR) is 81.5 cm³/mol. The van der Waals surface area contributed by atoms with Gasteiger partial charge in [-0.05, 0) is 44.1 Å². The van der Waals surface area contributed by atoms with Gasteiger partial charge < -0.3 is 15.5 Å². The summed E-state index contributed by atoms with van der Waals surface area (Å²) in [5.41, 5.74) is 0. The second-order valence-corrected chi connectivity index (χ2v) is 6.44. The molecular weight excluding hydrogens is 236 g/mol. The molecule has 1 unspecified atom stereocenters. The Balaban J connectivity index is 1.60. The highest BCUT2D eigenvalue weighted by Crippen LogP contribution is 2.31. The predicted octanol–water partition coefficient (Wildman–Crippen LogP) is 1.68. The number of likely N-dealkylation sites (tertiary alicyclic amines) is 1. The third-order valence-electron chi connectivity index (χ3n) is 4.18. The number of aliphatic imine (C=N–C) groups is 1. The van der Waals surface area contributed by atoms with Gasteiger partial charge in [-0.1, -0.05) is 13.8 Å². The van der Waals surface area contributed by atoms with Gasteiger partial charge in [0, 0.05) is 32.7 Å². The molecule has 4 nitrogen and oxygen atoms in total. The third kappa shape index (κ3) is 5.01. The molecule has 0 radical (unpaired) electrons. The zero-order valence-corrected chi connectivity index (χ0v) is 12.8. The maximum absolute atomic E-state index is 4.29. The minimum absolute atomic E-state index is 0.743. The van der Waals surface area contributed by atoms with E-state index in [0.29, 0.717) is 0 Å². The van der Waals surface area contributed by atoms with E-state index in [-0.39, 0.29) is 0 Å². The molecule has 1 heterocycles. The number of hydrogen-bond donors (Lipinski definition) is 2. The summed E-state index contributed by atoms with van der Waals surface area (Å²) < 4.78 is 0. The van der Waals surface area contributed by atoms with Gasteiger partial charge in [-0.15, -0.1) is 0 Å². The topological polar surface area (TPSA) is 39.7 Å². The van der Waals surface area contributed by atoms with Crippen LogP contribution in [0.4, 0.5) is 0 Å². The summed E-state index contributed by atoms with van der Waals surface area (Å²) >= 11 is 0. The standard InChI is InChI=1S/C15H30N4/c1-12(2)6-8-17-15(16-3)18-10-13-7-9-19(11-13)14-4-5-14/h12-14H,4-11H2,1-3H3,(H2,16,17,18). The lowest BCUT2D eigenvalue weighted by molar-refractivity contribution is 0.314. The van der Waals surface area contributed by atoms with E-state index in [4.69, 9.17) is 0 Å². The Morgan fingerprint density at radius 3 is 2.68 bits per heavy atom. The number of guanidine groups is 1. The van der Waals surface area contributed by atoms with Gasteiger partial charge in [-0.2, -0.15) is 0 Å². The van der Waals surface area contributed by atoms with Gasteiger partial charge in [-0.25, -0.2) is 0 Å². The summed E-state index contributed by atoms with van der Waals surface area (Å²) in [5.74, 6) is 2.50. The van der Waals surface area contributed by atoms with E-state index in [2.05, 4.69) is 34.4 Å². The van der Waals surface area contributed by atoms with Crippen molar-refractivity contribution in [1.82, 2.24) is 15.5 Å². The van der Waals surface area contributed by atoms with Crippen molar-refractivity contribution in [3.63, 3.8) is 0 Å². The van der Waals surface area contributed by atoms with Gasteiger partial charge in [0.15, 0.2) is 5.96 Å². The average molecular weight is 266 g/mol. The van der Waals surface area contributed by atoms with Gasteiger partial charge >= 0.3 is 0 Å². The first-order valence-electron chi connectivity index (χ1n) is 7.87. The van der Waals surface area contributed by atoms with E-state index < -0.39 is 0 Å². The van der Waals surface area contributed by atoms with Gasteiger partial charge in [0.1, 0.15) is 0 Å². The molecule has 0 aromatic carbocycles. The van der Waals surface area contributed by atoms with Crippen LogP contribution in [0.3, 0.4) is 0 Å². The lowest BCUT2D eigenvalue weighted by Crippen LogP contribution is -2.40. The Morgan fingerprint density at radius 1 is 1.26 bits per heavy atom. The molecule has 0 aromatic rings. The van der Waals surface area contributed by atoms with Crippen LogP contribution in [0.25, 0.3) is 0 Å². The molecule has 1 atom stereocenters. The Morgan fingerprint density at radius 2 is 2.05 bits per heavy atom. The Hall–Kier alpha value is -0.770. The van der Waals surface area contributed by atoms with Crippen LogP contribution in [0.2, 0.25) is 0 Å². The SMILES string of the molecule is CN=C(NCCC(C)C)NCC1CCN(C2CC2)C1. The molecule has 2 rings (SSSR count). The van der Waals surface area contributed by atoms with Crippen molar-refractivity contribution in [1.29, 1.82) is 0 Å². The monoisotopic (exact) mass is 266 g/mol. The minimum Gasteiger partial charge on any atom is -0.356 e. The van der Waals surface area contributed by atoms with Gasteiger partial charge in [0.2, 0.25) is 0 Å². The molecule has 1 aliphatic carbocycles. The zero-order chi connectivity index (χ0) is 13.7. The third-order valence-corrected chi connectivity index (χ3v) is 4.18. The highest BCUT2D eigenvalue weighted by molar-refractivity contribution is 5.79. The van der Waals surface area contributed by atoms with Crippen molar-refractivity contribution >= 4 is 5.96 Å². The molecule has 2 fully saturated rings. The van der Waals surface area contributed by atoms with Crippen molar-refractivity contribution in [2.45, 2.75) is 45.6 Å². The Bertz CT molecular complexity index is 297. The smallest absolute Gasteiger partial charge is 0.190 e. The van der Waals surface area contributed by atoms with E-state index >= 15 is 0 Å². The minimum atomic E-state index is 0.743. The quantitative estimate of drug-likeness (QED) is 0.567. The van der Waals surface area contributed by atoms with E-state index in [9.17, 15) is 0 Å². The van der Waals surface area contributed by atoms with Gasteiger partial charge in [0.25, 0.3) is 0 Å². The van der Waals surface area contributed by atoms with Crippen LogP contribution < -0.4 is 10.6 Å². The highest BCUT2D eigenvalue weighted by atomic mass is 15.2. The normalized spacial score (nSPS) is 25.1. The van der Waals surface area contributed by atoms with Crippen molar-refractivity contribution in [3.8, 4) is 0 Å². The fraction of sp³-hybridized carbons (Fsp3) is 0.933. The van der Waals surface area contributed by atoms with Crippen LogP contribution in [-0.2, 0) is 0 Å². The van der Waals surface area contributed by atoms with E-state index in [1.165, 1.54) is 38.8 Å². The zero-order valence-electron chi connectivity index (χ0n) is 12.8. The number of rotatable bonds is 6. The first-order valence-corrected chi connectivity index (χ1v) is 7.87. The van der Waals surface area contributed by atoms with E-state index in [1.54, 1.807) is 0 Å². The molecule has 2 N–H and O–H groups in total. The van der Waals surface area contributed by atoms with Crippen molar-refractivity contribution < 1.29 is 0 Å². The van der Waals surface area contributed by atoms with Crippen molar-refractivity contribution in [3.05, 3.63) is 0 Å². The summed E-state index contributed by atoms with van der Waals surface area (Å²) in [7, 11) is 1.86. The van der Waals surface area contributed by atoms with E-state index in [0.717, 1.165) is 36.9 Å². The number of nitrogens with zero attached hydrogens (tertiary/aromatic N) is 2. The fourth-order valence-electron chi connectivity index (χ4n) is 2.74. The summed E-state index contributed by atoms with van der Waals surface area (Å²) in [5, 5.41) is 6.87. The first kappa shape index (κ1) is 14.6. The molecule has 0 bridgehead atoms. The molecule has 19 heavy (non-hydrogen) atoms. The maximum Gasteiger partial charge on any atom is 0.190 e. The lowest BCUT2D eigenvalue weighted by Gasteiger charge is -2.17. The molecular formula is C15H30N4. The first-order chi connectivity index (χ1) is 9.19. The average Bonchev–Trinajstić information content (AvgIpc) is 3.13. The molecule has 1 saturated carbocycles. The lowest BCUT2D eigenvalue weighted by atomic mass is 10.1. The molecule has 2 aliphatic rings. The second-order valence-electron chi connectivity index (χ2n) is 6.44. The van der Waals surface area contributed by atoms with Crippen molar-refractivity contribution in [2.24, 2.45) is 16.8 Å². The van der Waals surface area contributed by atoms with Crippen LogP contribution in [0, 0.1) is 11.8 Å². The van der Waals surface area contributed by atoms with Crippen LogP contribution in [0.5, 0.6) is 0 Å². The van der Waals surface area contributed by atoms with Crippen LogP contribution in [0.1, 0.15) is 39.5 Å². The highest BCUT2D eigenvalue weighted by Gasteiger charge is 2.34. The molecule has 0 aromatic heterocycles. The summed E-state index contributed by atoms with van der Waals surface area (Å²) in [6.45, 7) is 9.16. The molecule has 4 heteroatoms. The molecule has 1 saturated heterocycles. The molecule has 0 amide bonds. The molecule has 0 spiro atoms. The van der Waals surface area contributed by atoms with Crippen molar-refractivity contribution in [2.75, 3.05) is 33.2 Å². The van der Waals surface area contributed by atoms with Crippen LogP contribution in [0.15, 0.2) is 4.99 Å². The van der Waals surface area contributed by atoms with E-state index in [1.807, 2.05) is 7.05 Å². The fourth-order valence-corrected chi connectivity index (χ4v) is 2.74. The maximum atomic E-state index is 4.29. The second kappa shape index (κ2) is 7.13. The summed E-state index contributed by atoms with van der Waals surface area (Å²) in [6.07, 6.45) is 5.39. The summed E-state index contributed by atoms with van der Waals surface area (Å²) in [6, 6.07) is 0.925. The Kier molecular flexibility index (Phi) is 5.49. The summed E-state index contributed by atoms with van der Waals surface area (Å²) in [4.78, 5) is 6.96. The van der Waals surface area contributed by atoms with Gasteiger partial charge in [-0.3, -0.25) is 4.99 Å². The van der Waals surface area contributed by atoms with Gasteiger partial charge in [0.05, 0.1) is 0 Å². The van der Waals surface area contributed by atoms with Crippen LogP contribution >= 0.6 is 0 Å². The number of nitrogens with one attached hydrogen (secondary N) is 2.